The molecule has 0 fully saturated rings. The van der Waals surface area contributed by atoms with Crippen LogP contribution in [0.15, 0.2) is 66.7 Å². The maximum atomic E-state index is 12.3. The van der Waals surface area contributed by atoms with Gasteiger partial charge in [0.05, 0.1) is 0 Å². The van der Waals surface area contributed by atoms with Crippen molar-refractivity contribution in [1.29, 1.82) is 0 Å². The van der Waals surface area contributed by atoms with Gasteiger partial charge in [-0.05, 0) is 54.1 Å². The van der Waals surface area contributed by atoms with Crippen LogP contribution < -0.4 is 4.74 Å². The number of esters is 1. The lowest BCUT2D eigenvalue weighted by Gasteiger charge is -2.13. The van der Waals surface area contributed by atoms with Crippen LogP contribution in [-0.4, -0.2) is 24.5 Å². The van der Waals surface area contributed by atoms with Crippen molar-refractivity contribution in [3.05, 3.63) is 77.3 Å². The Bertz CT molecular complexity index is 934. The Morgan fingerprint density at radius 2 is 1.65 bits per heavy atom. The van der Waals surface area contributed by atoms with Crippen LogP contribution in [-0.2, 0) is 9.53 Å². The highest BCUT2D eigenvalue weighted by atomic mass is 35.5. The lowest BCUT2D eigenvalue weighted by Crippen LogP contribution is -2.27. The van der Waals surface area contributed by atoms with E-state index in [1.165, 1.54) is 6.92 Å². The van der Waals surface area contributed by atoms with E-state index >= 15 is 0 Å². The van der Waals surface area contributed by atoms with Crippen LogP contribution in [0.2, 0.25) is 5.02 Å². The van der Waals surface area contributed by atoms with Gasteiger partial charge in [0.15, 0.2) is 12.7 Å². The molecule has 0 spiro atoms. The molecule has 0 unspecified atom stereocenters. The first-order valence-electron chi connectivity index (χ1n) is 8.14. The predicted molar refractivity (Wildman–Crippen MR) is 101 cm³/mol. The van der Waals surface area contributed by atoms with Crippen molar-refractivity contribution in [1.82, 2.24) is 0 Å². The van der Waals surface area contributed by atoms with Crippen molar-refractivity contribution >= 4 is 34.1 Å². The van der Waals surface area contributed by atoms with Crippen molar-refractivity contribution in [2.75, 3.05) is 6.61 Å². The van der Waals surface area contributed by atoms with Gasteiger partial charge in [-0.25, -0.2) is 4.79 Å². The zero-order valence-corrected chi connectivity index (χ0v) is 14.9. The summed E-state index contributed by atoms with van der Waals surface area (Å²) in [5, 5.41) is 2.64. The fourth-order valence-corrected chi connectivity index (χ4v) is 2.66. The second kappa shape index (κ2) is 8.02. The number of carbonyl (C=O) groups excluding carboxylic acids is 2. The second-order valence-electron chi connectivity index (χ2n) is 5.80. The average Bonchev–Trinajstić information content (AvgIpc) is 2.66. The monoisotopic (exact) mass is 368 g/mol. The Labute approximate surface area is 156 Å². The van der Waals surface area contributed by atoms with E-state index in [0.717, 1.165) is 10.8 Å². The fraction of sp³-hybridized carbons (Fsp3) is 0.143. The minimum atomic E-state index is -0.899. The number of fused-ring (bicyclic) bond motifs is 1. The molecular formula is C21H17ClO4. The zero-order chi connectivity index (χ0) is 18.5. The molecule has 5 heteroatoms. The lowest BCUT2D eigenvalue weighted by molar-refractivity contribution is -0.148. The smallest absolute Gasteiger partial charge is 0.344 e. The van der Waals surface area contributed by atoms with E-state index in [4.69, 9.17) is 21.1 Å². The molecule has 3 aromatic carbocycles. The summed E-state index contributed by atoms with van der Waals surface area (Å²) in [7, 11) is 0. The number of ketones is 1. The molecule has 0 aliphatic carbocycles. The molecule has 0 heterocycles. The summed E-state index contributed by atoms with van der Waals surface area (Å²) in [5.74, 6) is -0.328. The highest BCUT2D eigenvalue weighted by Gasteiger charge is 2.19. The van der Waals surface area contributed by atoms with Gasteiger partial charge >= 0.3 is 5.97 Å². The number of carbonyl (C=O) groups is 2. The number of ether oxygens (including phenoxy) is 2. The standard InChI is InChI=1S/C21H17ClO4/c1-14(21(24)16-6-9-18(22)10-7-16)26-20(23)13-25-19-11-8-15-4-2-3-5-17(15)12-19/h2-12,14H,13H2,1H3/t14-/m0/s1. The predicted octanol–water partition coefficient (Wildman–Crippen LogP) is 4.69. The molecule has 0 aromatic heterocycles. The number of benzene rings is 3. The quantitative estimate of drug-likeness (QED) is 0.468. The van der Waals surface area contributed by atoms with Gasteiger partial charge < -0.3 is 9.47 Å². The highest BCUT2D eigenvalue weighted by Crippen LogP contribution is 2.20. The zero-order valence-electron chi connectivity index (χ0n) is 14.1. The summed E-state index contributed by atoms with van der Waals surface area (Å²) in [6.07, 6.45) is -0.899. The van der Waals surface area contributed by atoms with E-state index in [1.54, 1.807) is 30.3 Å². The van der Waals surface area contributed by atoms with E-state index in [1.807, 2.05) is 36.4 Å². The van der Waals surface area contributed by atoms with Crippen molar-refractivity contribution in [3.8, 4) is 5.75 Å². The molecule has 0 radical (unpaired) electrons. The van der Waals surface area contributed by atoms with Crippen LogP contribution in [0.25, 0.3) is 10.8 Å². The van der Waals surface area contributed by atoms with E-state index in [2.05, 4.69) is 0 Å². The summed E-state index contributed by atoms with van der Waals surface area (Å²) in [4.78, 5) is 24.2. The Morgan fingerprint density at radius 1 is 0.962 bits per heavy atom. The van der Waals surface area contributed by atoms with Crippen molar-refractivity contribution < 1.29 is 19.1 Å². The van der Waals surface area contributed by atoms with Gasteiger partial charge in [0, 0.05) is 10.6 Å². The van der Waals surface area contributed by atoms with E-state index < -0.39 is 12.1 Å². The van der Waals surface area contributed by atoms with Crippen molar-refractivity contribution in [3.63, 3.8) is 0 Å². The SMILES string of the molecule is C[C@H](OC(=O)COc1ccc2ccccc2c1)C(=O)c1ccc(Cl)cc1. The molecule has 1 atom stereocenters. The third-order valence-electron chi connectivity index (χ3n) is 3.88. The summed E-state index contributed by atoms with van der Waals surface area (Å²) in [5.41, 5.74) is 0.435. The topological polar surface area (TPSA) is 52.6 Å². The van der Waals surface area contributed by atoms with Crippen LogP contribution in [0.1, 0.15) is 17.3 Å². The Kier molecular flexibility index (Phi) is 5.54. The molecule has 0 aliphatic rings. The summed E-state index contributed by atoms with van der Waals surface area (Å²) in [6, 6.07) is 19.8. The van der Waals surface area contributed by atoms with E-state index in [0.29, 0.717) is 16.3 Å². The van der Waals surface area contributed by atoms with Gasteiger partial charge in [-0.15, -0.1) is 0 Å². The first kappa shape index (κ1) is 18.0. The molecule has 3 rings (SSSR count). The van der Waals surface area contributed by atoms with Gasteiger partial charge in [-0.2, -0.15) is 0 Å². The molecular weight excluding hydrogens is 352 g/mol. The lowest BCUT2D eigenvalue weighted by atomic mass is 10.1. The molecule has 4 nitrogen and oxygen atoms in total. The first-order chi connectivity index (χ1) is 12.5. The van der Waals surface area contributed by atoms with Gasteiger partial charge in [-0.1, -0.05) is 41.9 Å². The third kappa shape index (κ3) is 4.41. The molecule has 0 saturated heterocycles. The Hall–Kier alpha value is -2.85. The molecule has 0 N–H and O–H groups in total. The maximum Gasteiger partial charge on any atom is 0.344 e. The second-order valence-corrected chi connectivity index (χ2v) is 6.24. The van der Waals surface area contributed by atoms with E-state index in [9.17, 15) is 9.59 Å². The van der Waals surface area contributed by atoms with Crippen molar-refractivity contribution in [2.24, 2.45) is 0 Å². The van der Waals surface area contributed by atoms with Crippen molar-refractivity contribution in [2.45, 2.75) is 13.0 Å². The summed E-state index contributed by atoms with van der Waals surface area (Å²) >= 11 is 5.80. The van der Waals surface area contributed by atoms with Crippen LogP contribution in [0, 0.1) is 0 Å². The molecule has 26 heavy (non-hydrogen) atoms. The van der Waals surface area contributed by atoms with Crippen LogP contribution >= 0.6 is 11.6 Å². The number of rotatable bonds is 6. The molecule has 132 valence electrons. The Balaban J connectivity index is 1.55. The molecule has 0 amide bonds. The number of hydrogen-bond acceptors (Lipinski definition) is 4. The van der Waals surface area contributed by atoms with E-state index in [-0.39, 0.29) is 12.4 Å². The number of halogens is 1. The van der Waals surface area contributed by atoms with Gasteiger partial charge in [0.25, 0.3) is 0 Å². The highest BCUT2D eigenvalue weighted by molar-refractivity contribution is 6.30. The normalized spacial score (nSPS) is 11.8. The van der Waals surface area contributed by atoms with Gasteiger partial charge in [0.1, 0.15) is 5.75 Å². The molecule has 0 bridgehead atoms. The molecule has 0 saturated carbocycles. The summed E-state index contributed by atoms with van der Waals surface area (Å²) < 4.78 is 10.6. The van der Waals surface area contributed by atoms with Crippen LogP contribution in [0.5, 0.6) is 5.75 Å². The third-order valence-corrected chi connectivity index (χ3v) is 4.14. The summed E-state index contributed by atoms with van der Waals surface area (Å²) in [6.45, 7) is 1.27. The average molecular weight is 369 g/mol. The minimum Gasteiger partial charge on any atom is -0.482 e. The minimum absolute atomic E-state index is 0.267. The Morgan fingerprint density at radius 3 is 2.38 bits per heavy atom. The first-order valence-corrected chi connectivity index (χ1v) is 8.51. The molecule has 0 aliphatic heterocycles. The van der Waals surface area contributed by atoms with Gasteiger partial charge in [0.2, 0.25) is 5.78 Å². The van der Waals surface area contributed by atoms with Crippen LogP contribution in [0.4, 0.5) is 0 Å². The van der Waals surface area contributed by atoms with Crippen LogP contribution in [0.3, 0.4) is 0 Å². The van der Waals surface area contributed by atoms with Gasteiger partial charge in [-0.3, -0.25) is 4.79 Å². The maximum absolute atomic E-state index is 12.3. The number of hydrogen-bond donors (Lipinski definition) is 0. The molecule has 3 aromatic rings. The number of Topliss-reactive ketones (excluding diaryl/α,β-unsaturated/α-hetero) is 1. The fourth-order valence-electron chi connectivity index (χ4n) is 2.53. The largest absolute Gasteiger partial charge is 0.482 e.